The summed E-state index contributed by atoms with van der Waals surface area (Å²) in [6.45, 7) is 9.72. The van der Waals surface area contributed by atoms with E-state index in [1.54, 1.807) is 6.92 Å². The fraction of sp³-hybridized carbons (Fsp3) is 0.643. The number of nitrogens with two attached hydrogens (primary N) is 1. The molecule has 1 unspecified atom stereocenters. The molecule has 0 aliphatic carbocycles. The van der Waals surface area contributed by atoms with Crippen molar-refractivity contribution in [2.24, 2.45) is 11.7 Å². The molecule has 0 radical (unpaired) electrons. The van der Waals surface area contributed by atoms with Crippen LogP contribution in [0, 0.1) is 5.92 Å². The molecule has 0 amide bonds. The van der Waals surface area contributed by atoms with Gasteiger partial charge in [-0.15, -0.1) is 0 Å². The van der Waals surface area contributed by atoms with Crippen molar-refractivity contribution in [2.45, 2.75) is 84.8 Å². The van der Waals surface area contributed by atoms with Gasteiger partial charge in [0.25, 0.3) is 0 Å². The van der Waals surface area contributed by atoms with E-state index in [9.17, 15) is 19.2 Å². The standard InChI is InChI=1S/C28H43NO11/c1-7-9-13-35-25(31)39-22-12-11-21(15-23(22)40-26(32)36-14-10-8-2)17-28(29,24(30)34-6)16-20(5)38-27(33)37-18-19(3)4/h11-12,15,19-20H,7-10,13-14,16-18,29H2,1-6H3/t20-,28?/m0/s1. The van der Waals surface area contributed by atoms with Gasteiger partial charge in [-0.25, -0.2) is 14.4 Å². The summed E-state index contributed by atoms with van der Waals surface area (Å²) < 4.78 is 35.8. The summed E-state index contributed by atoms with van der Waals surface area (Å²) in [5.41, 5.74) is 5.26. The lowest BCUT2D eigenvalue weighted by Gasteiger charge is -2.29. The highest BCUT2D eigenvalue weighted by Crippen LogP contribution is 2.31. The van der Waals surface area contributed by atoms with Gasteiger partial charge < -0.3 is 38.9 Å². The molecule has 0 heterocycles. The Bertz CT molecular complexity index is 966. The van der Waals surface area contributed by atoms with Gasteiger partial charge in [0.15, 0.2) is 11.5 Å². The van der Waals surface area contributed by atoms with Crippen molar-refractivity contribution in [1.82, 2.24) is 0 Å². The average Bonchev–Trinajstić information content (AvgIpc) is 2.88. The number of carbonyl (C=O) groups is 4. The molecule has 1 rings (SSSR count). The lowest BCUT2D eigenvalue weighted by Crippen LogP contribution is -2.53. The maximum absolute atomic E-state index is 12.7. The minimum Gasteiger partial charge on any atom is -0.468 e. The Hall–Kier alpha value is -3.54. The molecule has 2 N–H and O–H groups in total. The second-order valence-electron chi connectivity index (χ2n) is 9.80. The highest BCUT2D eigenvalue weighted by atomic mass is 16.7. The predicted octanol–water partition coefficient (Wildman–Crippen LogP) is 5.32. The first-order valence-corrected chi connectivity index (χ1v) is 13.5. The maximum atomic E-state index is 12.7. The maximum Gasteiger partial charge on any atom is 0.513 e. The molecule has 0 fully saturated rings. The van der Waals surface area contributed by atoms with Gasteiger partial charge in [0.2, 0.25) is 0 Å². The third kappa shape index (κ3) is 13.0. The number of benzene rings is 1. The molecule has 226 valence electrons. The number of hydrogen-bond acceptors (Lipinski definition) is 12. The fourth-order valence-electron chi connectivity index (χ4n) is 3.45. The third-order valence-corrected chi connectivity index (χ3v) is 5.43. The van der Waals surface area contributed by atoms with Crippen molar-refractivity contribution in [2.75, 3.05) is 26.9 Å². The molecule has 0 bridgehead atoms. The Morgan fingerprint density at radius 2 is 1.43 bits per heavy atom. The summed E-state index contributed by atoms with van der Waals surface area (Å²) in [7, 11) is 1.19. The Morgan fingerprint density at radius 1 is 0.850 bits per heavy atom. The molecule has 12 heteroatoms. The van der Waals surface area contributed by atoms with Gasteiger partial charge in [-0.3, -0.25) is 4.79 Å². The number of ether oxygens (including phenoxy) is 7. The van der Waals surface area contributed by atoms with Crippen molar-refractivity contribution >= 4 is 24.4 Å². The zero-order valence-electron chi connectivity index (χ0n) is 24.3. The summed E-state index contributed by atoms with van der Waals surface area (Å²) in [6, 6.07) is 4.31. The van der Waals surface area contributed by atoms with Crippen LogP contribution in [0.1, 0.15) is 72.3 Å². The number of hydrogen-bond donors (Lipinski definition) is 1. The van der Waals surface area contributed by atoms with E-state index in [0.29, 0.717) is 18.4 Å². The van der Waals surface area contributed by atoms with Crippen LogP contribution < -0.4 is 15.2 Å². The van der Waals surface area contributed by atoms with E-state index in [4.69, 9.17) is 38.9 Å². The van der Waals surface area contributed by atoms with Crippen molar-refractivity contribution < 1.29 is 52.3 Å². The lowest BCUT2D eigenvalue weighted by atomic mass is 9.86. The molecule has 0 spiro atoms. The molecular formula is C28H43NO11. The molecule has 0 saturated heterocycles. The first kappa shape index (κ1) is 34.5. The van der Waals surface area contributed by atoms with Crippen molar-refractivity contribution in [1.29, 1.82) is 0 Å². The average molecular weight is 570 g/mol. The minimum absolute atomic E-state index is 0.0945. The first-order valence-electron chi connectivity index (χ1n) is 13.5. The zero-order valence-corrected chi connectivity index (χ0v) is 24.3. The molecule has 12 nitrogen and oxygen atoms in total. The Morgan fingerprint density at radius 3 is 1.95 bits per heavy atom. The quantitative estimate of drug-likeness (QED) is 0.118. The van der Waals surface area contributed by atoms with Gasteiger partial charge in [0.1, 0.15) is 11.6 Å². The Kier molecular flexibility index (Phi) is 15.5. The molecule has 0 aliphatic heterocycles. The van der Waals surface area contributed by atoms with Gasteiger partial charge in [0.05, 0.1) is 26.9 Å². The molecule has 40 heavy (non-hydrogen) atoms. The predicted molar refractivity (Wildman–Crippen MR) is 144 cm³/mol. The molecule has 1 aromatic rings. The molecule has 0 aromatic heterocycles. The second kappa shape index (κ2) is 17.9. The third-order valence-electron chi connectivity index (χ3n) is 5.43. The lowest BCUT2D eigenvalue weighted by molar-refractivity contribution is -0.148. The molecular weight excluding hydrogens is 526 g/mol. The van der Waals surface area contributed by atoms with Crippen molar-refractivity contribution in [3.05, 3.63) is 23.8 Å². The van der Waals surface area contributed by atoms with Crippen LogP contribution in [0.15, 0.2) is 18.2 Å². The number of methoxy groups -OCH3 is 1. The zero-order chi connectivity index (χ0) is 30.1. The van der Waals surface area contributed by atoms with Crippen LogP contribution in [0.2, 0.25) is 0 Å². The van der Waals surface area contributed by atoms with Crippen LogP contribution in [-0.4, -0.2) is 63.0 Å². The Balaban J connectivity index is 3.15. The van der Waals surface area contributed by atoms with Gasteiger partial charge in [-0.1, -0.05) is 46.6 Å². The van der Waals surface area contributed by atoms with Crippen molar-refractivity contribution in [3.63, 3.8) is 0 Å². The normalized spacial score (nSPS) is 13.0. The summed E-state index contributed by atoms with van der Waals surface area (Å²) in [4.78, 5) is 49.1. The topological polar surface area (TPSA) is 159 Å². The van der Waals surface area contributed by atoms with E-state index in [0.717, 1.165) is 12.8 Å². The van der Waals surface area contributed by atoms with Crippen LogP contribution in [0.25, 0.3) is 0 Å². The van der Waals surface area contributed by atoms with E-state index in [1.807, 2.05) is 27.7 Å². The monoisotopic (exact) mass is 569 g/mol. The van der Waals surface area contributed by atoms with Gasteiger partial charge in [-0.2, -0.15) is 0 Å². The van der Waals surface area contributed by atoms with E-state index in [-0.39, 0.29) is 50.1 Å². The van der Waals surface area contributed by atoms with E-state index in [1.165, 1.54) is 25.3 Å². The van der Waals surface area contributed by atoms with E-state index in [2.05, 4.69) is 0 Å². The SMILES string of the molecule is CCCCOC(=O)Oc1ccc(CC(N)(C[C@H](C)OC(=O)OCC(C)C)C(=O)OC)cc1OC(=O)OCCCC. The summed E-state index contributed by atoms with van der Waals surface area (Å²) in [5.74, 6) is -0.861. The summed E-state index contributed by atoms with van der Waals surface area (Å²) in [6.07, 6.45) is -0.912. The smallest absolute Gasteiger partial charge is 0.468 e. The van der Waals surface area contributed by atoms with Gasteiger partial charge >= 0.3 is 24.4 Å². The second-order valence-corrected chi connectivity index (χ2v) is 9.80. The summed E-state index contributed by atoms with van der Waals surface area (Å²) in [5, 5.41) is 0. The molecule has 0 saturated carbocycles. The number of unbranched alkanes of at least 4 members (excludes halogenated alkanes) is 2. The highest BCUT2D eigenvalue weighted by molar-refractivity contribution is 5.81. The molecule has 0 aliphatic rings. The van der Waals surface area contributed by atoms with Crippen LogP contribution in [0.3, 0.4) is 0 Å². The highest BCUT2D eigenvalue weighted by Gasteiger charge is 2.38. The Labute approximate surface area is 235 Å². The van der Waals surface area contributed by atoms with Gasteiger partial charge in [-0.05, 0) is 43.4 Å². The summed E-state index contributed by atoms with van der Waals surface area (Å²) >= 11 is 0. The minimum atomic E-state index is -1.63. The largest absolute Gasteiger partial charge is 0.513 e. The van der Waals surface area contributed by atoms with E-state index >= 15 is 0 Å². The molecule has 2 atom stereocenters. The van der Waals surface area contributed by atoms with E-state index < -0.39 is 36.1 Å². The number of rotatable bonds is 16. The van der Waals surface area contributed by atoms with Crippen molar-refractivity contribution in [3.8, 4) is 11.5 Å². The first-order chi connectivity index (χ1) is 18.9. The number of esters is 1. The molecule has 1 aromatic carbocycles. The fourth-order valence-corrected chi connectivity index (χ4v) is 3.45. The van der Waals surface area contributed by atoms with Crippen LogP contribution in [0.5, 0.6) is 11.5 Å². The van der Waals surface area contributed by atoms with Crippen LogP contribution >= 0.6 is 0 Å². The van der Waals surface area contributed by atoms with Crippen LogP contribution in [0.4, 0.5) is 14.4 Å². The number of carbonyl (C=O) groups excluding carboxylic acids is 4. The van der Waals surface area contributed by atoms with Crippen LogP contribution in [-0.2, 0) is 34.9 Å². The van der Waals surface area contributed by atoms with Gasteiger partial charge in [0, 0.05) is 12.8 Å².